The normalized spacial score (nSPS) is 21.8. The molecule has 2 unspecified atom stereocenters. The Morgan fingerprint density at radius 3 is 2.78 bits per heavy atom. The van der Waals surface area contributed by atoms with Crippen molar-refractivity contribution < 1.29 is 4.79 Å². The molecule has 0 aromatic rings. The van der Waals surface area contributed by atoms with Crippen molar-refractivity contribution in [3.05, 3.63) is 0 Å². The van der Waals surface area contributed by atoms with E-state index in [0.717, 1.165) is 13.1 Å². The van der Waals surface area contributed by atoms with Crippen LogP contribution in [0.4, 0.5) is 0 Å². The highest BCUT2D eigenvalue weighted by atomic mass is 16.2. The molecule has 1 amide bonds. The SMILES string of the molecule is C#CCNC(=O)C(C)NCC1CCN(C(C)C)C1. The van der Waals surface area contributed by atoms with E-state index >= 15 is 0 Å². The van der Waals surface area contributed by atoms with Crippen molar-refractivity contribution in [3.63, 3.8) is 0 Å². The maximum atomic E-state index is 11.6. The summed E-state index contributed by atoms with van der Waals surface area (Å²) in [5.74, 6) is 3.03. The number of terminal acetylenes is 1. The van der Waals surface area contributed by atoms with Gasteiger partial charge in [0.15, 0.2) is 0 Å². The number of hydrogen-bond donors (Lipinski definition) is 2. The molecule has 2 atom stereocenters. The molecule has 0 aromatic carbocycles. The van der Waals surface area contributed by atoms with E-state index in [0.29, 0.717) is 18.5 Å². The quantitative estimate of drug-likeness (QED) is 0.674. The van der Waals surface area contributed by atoms with E-state index in [1.165, 1.54) is 13.0 Å². The molecule has 0 aliphatic carbocycles. The van der Waals surface area contributed by atoms with E-state index in [4.69, 9.17) is 6.42 Å². The molecule has 4 heteroatoms. The molecule has 0 radical (unpaired) electrons. The number of carbonyl (C=O) groups is 1. The van der Waals surface area contributed by atoms with Crippen LogP contribution >= 0.6 is 0 Å². The van der Waals surface area contributed by atoms with Crippen LogP contribution in [0.2, 0.25) is 0 Å². The molecular formula is C14H25N3O. The summed E-state index contributed by atoms with van der Waals surface area (Å²) in [4.78, 5) is 14.1. The fourth-order valence-corrected chi connectivity index (χ4v) is 2.23. The molecule has 0 saturated carbocycles. The molecule has 102 valence electrons. The number of rotatable bonds is 6. The van der Waals surface area contributed by atoms with Crippen LogP contribution in [0, 0.1) is 18.3 Å². The van der Waals surface area contributed by atoms with Crippen molar-refractivity contribution >= 4 is 5.91 Å². The standard InChI is InChI=1S/C14H25N3O/c1-5-7-15-14(18)12(4)16-9-13-6-8-17(10-13)11(2)3/h1,11-13,16H,6-10H2,2-4H3,(H,15,18). The maximum Gasteiger partial charge on any atom is 0.237 e. The van der Waals surface area contributed by atoms with E-state index in [1.54, 1.807) is 0 Å². The summed E-state index contributed by atoms with van der Waals surface area (Å²) in [7, 11) is 0. The lowest BCUT2D eigenvalue weighted by molar-refractivity contribution is -0.122. The molecule has 1 aliphatic heterocycles. The average molecular weight is 251 g/mol. The number of carbonyl (C=O) groups excluding carboxylic acids is 1. The van der Waals surface area contributed by atoms with E-state index in [9.17, 15) is 4.79 Å². The Hall–Kier alpha value is -1.05. The predicted molar refractivity (Wildman–Crippen MR) is 74.1 cm³/mol. The maximum absolute atomic E-state index is 11.6. The minimum absolute atomic E-state index is 0.0216. The largest absolute Gasteiger partial charge is 0.344 e. The van der Waals surface area contributed by atoms with Gasteiger partial charge >= 0.3 is 0 Å². The number of likely N-dealkylation sites (tertiary alicyclic amines) is 1. The van der Waals surface area contributed by atoms with E-state index in [2.05, 4.69) is 35.3 Å². The van der Waals surface area contributed by atoms with Gasteiger partial charge in [-0.25, -0.2) is 0 Å². The number of nitrogens with one attached hydrogen (secondary N) is 2. The first kappa shape index (κ1) is 15.0. The van der Waals surface area contributed by atoms with Gasteiger partial charge in [0.1, 0.15) is 0 Å². The Morgan fingerprint density at radius 1 is 1.50 bits per heavy atom. The molecule has 1 fully saturated rings. The summed E-state index contributed by atoms with van der Waals surface area (Å²) in [6.45, 7) is 9.83. The molecular weight excluding hydrogens is 226 g/mol. The van der Waals surface area contributed by atoms with Gasteiger partial charge in [0.05, 0.1) is 12.6 Å². The second-order valence-corrected chi connectivity index (χ2v) is 5.30. The van der Waals surface area contributed by atoms with Gasteiger partial charge in [-0.3, -0.25) is 4.79 Å². The minimum atomic E-state index is -0.175. The molecule has 1 saturated heterocycles. The van der Waals surface area contributed by atoms with Crippen molar-refractivity contribution in [3.8, 4) is 12.3 Å². The summed E-state index contributed by atoms with van der Waals surface area (Å²) < 4.78 is 0. The van der Waals surface area contributed by atoms with E-state index in [-0.39, 0.29) is 11.9 Å². The zero-order valence-electron chi connectivity index (χ0n) is 11.7. The van der Waals surface area contributed by atoms with Crippen LogP contribution in [-0.4, -0.2) is 49.1 Å². The Kier molecular flexibility index (Phi) is 6.17. The smallest absolute Gasteiger partial charge is 0.237 e. The van der Waals surface area contributed by atoms with Gasteiger partial charge in [-0.15, -0.1) is 6.42 Å². The highest BCUT2D eigenvalue weighted by Crippen LogP contribution is 2.17. The van der Waals surface area contributed by atoms with Gasteiger partial charge in [-0.05, 0) is 46.2 Å². The van der Waals surface area contributed by atoms with Crippen LogP contribution in [0.1, 0.15) is 27.2 Å². The molecule has 1 rings (SSSR count). The third-order valence-corrected chi connectivity index (χ3v) is 3.52. The lowest BCUT2D eigenvalue weighted by Crippen LogP contribution is -2.44. The molecule has 1 aliphatic rings. The van der Waals surface area contributed by atoms with Gasteiger partial charge in [-0.2, -0.15) is 0 Å². The zero-order chi connectivity index (χ0) is 13.5. The molecule has 0 bridgehead atoms. The summed E-state index contributed by atoms with van der Waals surface area (Å²) in [6, 6.07) is 0.442. The molecule has 2 N–H and O–H groups in total. The summed E-state index contributed by atoms with van der Waals surface area (Å²) in [6.07, 6.45) is 6.32. The van der Waals surface area contributed by atoms with Crippen LogP contribution in [0.15, 0.2) is 0 Å². The Bertz CT molecular complexity index is 309. The highest BCUT2D eigenvalue weighted by Gasteiger charge is 2.24. The first-order chi connectivity index (χ1) is 8.54. The first-order valence-electron chi connectivity index (χ1n) is 6.73. The van der Waals surface area contributed by atoms with Crippen molar-refractivity contribution in [1.29, 1.82) is 0 Å². The Morgan fingerprint density at radius 2 is 2.22 bits per heavy atom. The van der Waals surface area contributed by atoms with Crippen molar-refractivity contribution in [2.75, 3.05) is 26.2 Å². The van der Waals surface area contributed by atoms with Gasteiger partial charge < -0.3 is 15.5 Å². The lowest BCUT2D eigenvalue weighted by atomic mass is 10.1. The summed E-state index contributed by atoms with van der Waals surface area (Å²) in [5, 5.41) is 5.97. The molecule has 0 aromatic heterocycles. The van der Waals surface area contributed by atoms with Crippen LogP contribution in [0.25, 0.3) is 0 Å². The van der Waals surface area contributed by atoms with Crippen LogP contribution < -0.4 is 10.6 Å². The molecule has 1 heterocycles. The Labute approximate surface area is 110 Å². The predicted octanol–water partition coefficient (Wildman–Crippen LogP) is 0.444. The topological polar surface area (TPSA) is 44.4 Å². The van der Waals surface area contributed by atoms with Gasteiger partial charge in [-0.1, -0.05) is 5.92 Å². The van der Waals surface area contributed by atoms with E-state index in [1.807, 2.05) is 6.92 Å². The van der Waals surface area contributed by atoms with Crippen molar-refractivity contribution in [2.45, 2.75) is 39.3 Å². The zero-order valence-corrected chi connectivity index (χ0v) is 11.7. The van der Waals surface area contributed by atoms with Gasteiger partial charge in [0.2, 0.25) is 5.91 Å². The fraction of sp³-hybridized carbons (Fsp3) is 0.786. The van der Waals surface area contributed by atoms with Crippen molar-refractivity contribution in [1.82, 2.24) is 15.5 Å². The number of hydrogen-bond acceptors (Lipinski definition) is 3. The lowest BCUT2D eigenvalue weighted by Gasteiger charge is -2.21. The summed E-state index contributed by atoms with van der Waals surface area (Å²) >= 11 is 0. The van der Waals surface area contributed by atoms with Crippen LogP contribution in [0.3, 0.4) is 0 Å². The minimum Gasteiger partial charge on any atom is -0.344 e. The van der Waals surface area contributed by atoms with Gasteiger partial charge in [0, 0.05) is 12.6 Å². The second kappa shape index (κ2) is 7.40. The van der Waals surface area contributed by atoms with Gasteiger partial charge in [0.25, 0.3) is 0 Å². The monoisotopic (exact) mass is 251 g/mol. The van der Waals surface area contributed by atoms with Crippen LogP contribution in [-0.2, 0) is 4.79 Å². The average Bonchev–Trinajstić information content (AvgIpc) is 2.81. The van der Waals surface area contributed by atoms with Crippen molar-refractivity contribution in [2.24, 2.45) is 5.92 Å². The van der Waals surface area contributed by atoms with E-state index < -0.39 is 0 Å². The molecule has 4 nitrogen and oxygen atoms in total. The third-order valence-electron chi connectivity index (χ3n) is 3.52. The third kappa shape index (κ3) is 4.67. The summed E-state index contributed by atoms with van der Waals surface area (Å²) in [5.41, 5.74) is 0. The molecule has 0 spiro atoms. The first-order valence-corrected chi connectivity index (χ1v) is 6.73. The second-order valence-electron chi connectivity index (χ2n) is 5.30. The van der Waals surface area contributed by atoms with Crippen LogP contribution in [0.5, 0.6) is 0 Å². The fourth-order valence-electron chi connectivity index (χ4n) is 2.23. The Balaban J connectivity index is 2.21. The number of nitrogens with zero attached hydrogens (tertiary/aromatic N) is 1. The number of amides is 1. The highest BCUT2D eigenvalue weighted by molar-refractivity contribution is 5.81. The molecule has 18 heavy (non-hydrogen) atoms.